The number of hydrogen-bond acceptors (Lipinski definition) is 4. The maximum atomic E-state index is 11.5. The van der Waals surface area contributed by atoms with Gasteiger partial charge in [-0.15, -0.1) is 5.92 Å². The van der Waals surface area contributed by atoms with Crippen molar-refractivity contribution in [3.63, 3.8) is 0 Å². The Bertz CT molecular complexity index is 667. The van der Waals surface area contributed by atoms with Gasteiger partial charge in [0.15, 0.2) is 5.82 Å². The topological polar surface area (TPSA) is 76.2 Å². The van der Waals surface area contributed by atoms with Gasteiger partial charge < -0.3 is 14.8 Å². The van der Waals surface area contributed by atoms with Crippen LogP contribution in [0.5, 0.6) is 5.75 Å². The second-order valence-corrected chi connectivity index (χ2v) is 3.98. The molecule has 6 nitrogen and oxygen atoms in total. The highest BCUT2D eigenvalue weighted by atomic mass is 16.5. The van der Waals surface area contributed by atoms with Crippen LogP contribution in [-0.4, -0.2) is 36.4 Å². The minimum atomic E-state index is -0.260. The molecule has 0 atom stereocenters. The number of H-pyrrole nitrogens is 1. The molecular weight excluding hydrogens is 258 g/mol. The predicted molar refractivity (Wildman–Crippen MR) is 75.5 cm³/mol. The van der Waals surface area contributed by atoms with Crippen LogP contribution in [0, 0.1) is 11.8 Å². The zero-order chi connectivity index (χ0) is 14.4. The molecule has 1 heterocycles. The minimum absolute atomic E-state index is 0.0172. The molecule has 20 heavy (non-hydrogen) atoms. The molecule has 0 aliphatic carbocycles. The van der Waals surface area contributed by atoms with Crippen LogP contribution in [-0.2, 0) is 9.53 Å². The number of nitrogens with one attached hydrogen (secondary N) is 2. The number of aromatic nitrogens is 2. The molecule has 0 radical (unpaired) electrons. The zero-order valence-electron chi connectivity index (χ0n) is 11.3. The lowest BCUT2D eigenvalue weighted by molar-refractivity contribution is -0.119. The van der Waals surface area contributed by atoms with Crippen LogP contribution >= 0.6 is 0 Å². The number of hydrogen-bond donors (Lipinski definition) is 2. The SMILES string of the molecule is CC#CCOc1ccc2[nH]nc(NC(=O)COC)c2c1. The lowest BCUT2D eigenvalue weighted by Gasteiger charge is -2.03. The standard InChI is InChI=1S/C14H15N3O3/c1-3-4-7-20-10-5-6-12-11(8-10)14(17-16-12)15-13(18)9-19-2/h5-6,8H,7,9H2,1-2H3,(H2,15,16,17,18). The van der Waals surface area contributed by atoms with Crippen LogP contribution in [0.4, 0.5) is 5.82 Å². The summed E-state index contributed by atoms with van der Waals surface area (Å²) >= 11 is 0. The van der Waals surface area contributed by atoms with Gasteiger partial charge >= 0.3 is 0 Å². The van der Waals surface area contributed by atoms with Crippen LogP contribution in [0.15, 0.2) is 18.2 Å². The summed E-state index contributed by atoms with van der Waals surface area (Å²) in [5.74, 6) is 6.44. The number of anilines is 1. The molecular formula is C14H15N3O3. The van der Waals surface area contributed by atoms with E-state index in [9.17, 15) is 4.79 Å². The molecule has 0 aliphatic rings. The Morgan fingerprint density at radius 3 is 3.10 bits per heavy atom. The number of aromatic amines is 1. The van der Waals surface area contributed by atoms with Gasteiger partial charge in [-0.1, -0.05) is 5.92 Å². The summed E-state index contributed by atoms with van der Waals surface area (Å²) in [6.45, 7) is 2.06. The Morgan fingerprint density at radius 1 is 1.50 bits per heavy atom. The maximum absolute atomic E-state index is 11.5. The van der Waals surface area contributed by atoms with E-state index in [0.717, 1.165) is 10.9 Å². The first kappa shape index (κ1) is 13.9. The fraction of sp³-hybridized carbons (Fsp3) is 0.286. The van der Waals surface area contributed by atoms with Crippen molar-refractivity contribution in [1.29, 1.82) is 0 Å². The second kappa shape index (κ2) is 6.59. The van der Waals surface area contributed by atoms with E-state index in [1.54, 1.807) is 13.0 Å². The Kier molecular flexibility index (Phi) is 4.58. The molecule has 6 heteroatoms. The summed E-state index contributed by atoms with van der Waals surface area (Å²) in [4.78, 5) is 11.5. The molecule has 1 amide bonds. The molecule has 0 saturated heterocycles. The third-order valence-electron chi connectivity index (χ3n) is 2.56. The fourth-order valence-corrected chi connectivity index (χ4v) is 1.67. The van der Waals surface area contributed by atoms with E-state index in [0.29, 0.717) is 18.2 Å². The molecule has 0 aliphatic heterocycles. The van der Waals surface area contributed by atoms with E-state index in [-0.39, 0.29) is 12.5 Å². The molecule has 0 spiro atoms. The van der Waals surface area contributed by atoms with Gasteiger partial charge in [-0.25, -0.2) is 0 Å². The number of fused-ring (bicyclic) bond motifs is 1. The number of methoxy groups -OCH3 is 1. The van der Waals surface area contributed by atoms with Crippen molar-refractivity contribution >= 4 is 22.6 Å². The third-order valence-corrected chi connectivity index (χ3v) is 2.56. The largest absolute Gasteiger partial charge is 0.481 e. The summed E-state index contributed by atoms with van der Waals surface area (Å²) in [6.07, 6.45) is 0. The zero-order valence-corrected chi connectivity index (χ0v) is 11.3. The lowest BCUT2D eigenvalue weighted by Crippen LogP contribution is -2.17. The van der Waals surface area contributed by atoms with E-state index in [4.69, 9.17) is 9.47 Å². The monoisotopic (exact) mass is 273 g/mol. The van der Waals surface area contributed by atoms with Gasteiger partial charge in [0.1, 0.15) is 19.0 Å². The minimum Gasteiger partial charge on any atom is -0.481 e. The molecule has 0 fully saturated rings. The number of amides is 1. The average molecular weight is 273 g/mol. The van der Waals surface area contributed by atoms with E-state index in [2.05, 4.69) is 27.4 Å². The first-order valence-corrected chi connectivity index (χ1v) is 6.04. The Morgan fingerprint density at radius 2 is 2.35 bits per heavy atom. The van der Waals surface area contributed by atoms with Gasteiger partial charge in [0.05, 0.1) is 5.52 Å². The molecule has 1 aromatic carbocycles. The van der Waals surface area contributed by atoms with E-state index in [1.807, 2.05) is 12.1 Å². The number of carbonyl (C=O) groups excluding carboxylic acids is 1. The molecule has 0 unspecified atom stereocenters. The molecule has 2 aromatic rings. The highest BCUT2D eigenvalue weighted by Gasteiger charge is 2.10. The second-order valence-electron chi connectivity index (χ2n) is 3.98. The van der Waals surface area contributed by atoms with Gasteiger partial charge in [0, 0.05) is 12.5 Å². The van der Waals surface area contributed by atoms with Crippen LogP contribution < -0.4 is 10.1 Å². The van der Waals surface area contributed by atoms with E-state index in [1.165, 1.54) is 7.11 Å². The summed E-state index contributed by atoms with van der Waals surface area (Å²) in [5, 5.41) is 10.3. The van der Waals surface area contributed by atoms with Gasteiger partial charge in [-0.2, -0.15) is 5.10 Å². The molecule has 2 N–H and O–H groups in total. The Labute approximate surface area is 116 Å². The normalized spacial score (nSPS) is 9.90. The van der Waals surface area contributed by atoms with Crippen molar-refractivity contribution in [2.24, 2.45) is 0 Å². The lowest BCUT2D eigenvalue weighted by atomic mass is 10.2. The van der Waals surface area contributed by atoms with Crippen molar-refractivity contribution in [1.82, 2.24) is 10.2 Å². The number of benzene rings is 1. The van der Waals surface area contributed by atoms with E-state index < -0.39 is 0 Å². The predicted octanol–water partition coefficient (Wildman–Crippen LogP) is 1.55. The summed E-state index contributed by atoms with van der Waals surface area (Å²) in [6, 6.07) is 5.46. The van der Waals surface area contributed by atoms with Crippen molar-refractivity contribution in [2.75, 3.05) is 25.6 Å². The van der Waals surface area contributed by atoms with Gasteiger partial charge in [0.2, 0.25) is 0 Å². The maximum Gasteiger partial charge on any atom is 0.251 e. The van der Waals surface area contributed by atoms with Gasteiger partial charge in [-0.3, -0.25) is 9.89 Å². The Hall–Kier alpha value is -2.52. The van der Waals surface area contributed by atoms with Gasteiger partial charge in [0.25, 0.3) is 5.91 Å². The van der Waals surface area contributed by atoms with Crippen molar-refractivity contribution in [2.45, 2.75) is 6.92 Å². The Balaban J connectivity index is 2.20. The first-order valence-electron chi connectivity index (χ1n) is 6.04. The van der Waals surface area contributed by atoms with Crippen molar-refractivity contribution in [3.8, 4) is 17.6 Å². The quantitative estimate of drug-likeness (QED) is 0.810. The van der Waals surface area contributed by atoms with Crippen LogP contribution in [0.1, 0.15) is 6.92 Å². The number of nitrogens with zero attached hydrogens (tertiary/aromatic N) is 1. The molecule has 1 aromatic heterocycles. The molecule has 2 rings (SSSR count). The number of ether oxygens (including phenoxy) is 2. The molecule has 104 valence electrons. The summed E-state index contributed by atoms with van der Waals surface area (Å²) in [5.41, 5.74) is 0.812. The van der Waals surface area contributed by atoms with Gasteiger partial charge in [-0.05, 0) is 25.1 Å². The highest BCUT2D eigenvalue weighted by Crippen LogP contribution is 2.25. The summed E-state index contributed by atoms with van der Waals surface area (Å²) < 4.78 is 10.2. The fourth-order valence-electron chi connectivity index (χ4n) is 1.67. The van der Waals surface area contributed by atoms with Crippen LogP contribution in [0.2, 0.25) is 0 Å². The third kappa shape index (κ3) is 3.28. The van der Waals surface area contributed by atoms with Crippen LogP contribution in [0.3, 0.4) is 0 Å². The highest BCUT2D eigenvalue weighted by molar-refractivity contribution is 6.00. The van der Waals surface area contributed by atoms with E-state index >= 15 is 0 Å². The van der Waals surface area contributed by atoms with Crippen molar-refractivity contribution < 1.29 is 14.3 Å². The first-order chi connectivity index (χ1) is 9.74. The number of rotatable bonds is 5. The van der Waals surface area contributed by atoms with Crippen LogP contribution in [0.25, 0.3) is 10.9 Å². The number of carbonyl (C=O) groups is 1. The summed E-state index contributed by atoms with van der Waals surface area (Å²) in [7, 11) is 1.46. The smallest absolute Gasteiger partial charge is 0.251 e. The molecule has 0 saturated carbocycles. The average Bonchev–Trinajstić information content (AvgIpc) is 2.82. The molecule has 0 bridgehead atoms. The van der Waals surface area contributed by atoms with Crippen molar-refractivity contribution in [3.05, 3.63) is 18.2 Å².